The van der Waals surface area contributed by atoms with Gasteiger partial charge >= 0.3 is 0 Å². The molecule has 10 unspecified atom stereocenters. The van der Waals surface area contributed by atoms with Crippen molar-refractivity contribution < 1.29 is 49.6 Å². The molecule has 0 radical (unpaired) electrons. The molecule has 1 aliphatic carbocycles. The van der Waals surface area contributed by atoms with Crippen LogP contribution in [-0.2, 0) is 18.9 Å². The number of aliphatic hydroxyl groups excluding tert-OH is 6. The Morgan fingerprint density at radius 2 is 1.29 bits per heavy atom. The Morgan fingerprint density at radius 1 is 0.710 bits per heavy atom. The largest absolute Gasteiger partial charge is 0.394 e. The van der Waals surface area contributed by atoms with Crippen LogP contribution in [0.25, 0.3) is 0 Å². The first-order chi connectivity index (χ1) is 14.6. The van der Waals surface area contributed by atoms with Gasteiger partial charge in [-0.25, -0.2) is 0 Å². The van der Waals surface area contributed by atoms with E-state index < -0.39 is 92.2 Å². The van der Waals surface area contributed by atoms with Gasteiger partial charge < -0.3 is 72.5 Å². The first-order valence-corrected chi connectivity index (χ1v) is 10.2. The summed E-state index contributed by atoms with van der Waals surface area (Å²) in [6.07, 6.45) is -13.8. The molecule has 3 fully saturated rings. The third-order valence-electron chi connectivity index (χ3n) is 6.13. The molecule has 3 rings (SSSR count). The lowest BCUT2D eigenvalue weighted by atomic mass is 9.84. The molecule has 14 nitrogen and oxygen atoms in total. The molecule has 182 valence electrons. The van der Waals surface area contributed by atoms with Gasteiger partial charge in [0.15, 0.2) is 12.6 Å². The molecule has 14 heteroatoms. The zero-order chi connectivity index (χ0) is 23.0. The monoisotopic (exact) mass is 454 g/mol. The maximum atomic E-state index is 10.6. The summed E-state index contributed by atoms with van der Waals surface area (Å²) in [4.78, 5) is 0. The summed E-state index contributed by atoms with van der Waals surface area (Å²) in [5.41, 5.74) is 23.6. The van der Waals surface area contributed by atoms with Crippen molar-refractivity contribution in [2.24, 2.45) is 22.9 Å². The van der Waals surface area contributed by atoms with Crippen molar-refractivity contribution in [1.29, 1.82) is 0 Å². The Balaban J connectivity index is 1.78. The molecule has 0 bridgehead atoms. The van der Waals surface area contributed by atoms with E-state index in [2.05, 4.69) is 0 Å². The van der Waals surface area contributed by atoms with Crippen molar-refractivity contribution in [3.63, 3.8) is 0 Å². The lowest BCUT2D eigenvalue weighted by molar-refractivity contribution is -0.306. The molecule has 0 aromatic heterocycles. The highest BCUT2D eigenvalue weighted by Crippen LogP contribution is 2.31. The quantitative estimate of drug-likeness (QED) is 0.179. The zero-order valence-corrected chi connectivity index (χ0v) is 16.8. The Bertz CT molecular complexity index is 591. The van der Waals surface area contributed by atoms with E-state index in [9.17, 15) is 30.6 Å². The Morgan fingerprint density at radius 3 is 1.87 bits per heavy atom. The summed E-state index contributed by atoms with van der Waals surface area (Å²) in [7, 11) is 0. The van der Waals surface area contributed by atoms with Gasteiger partial charge in [0, 0.05) is 18.6 Å². The van der Waals surface area contributed by atoms with E-state index in [0.717, 1.165) is 0 Å². The molecule has 0 amide bonds. The number of hydrogen-bond donors (Lipinski definition) is 10. The summed E-state index contributed by atoms with van der Waals surface area (Å²) < 4.78 is 22.5. The molecule has 3 aliphatic rings. The van der Waals surface area contributed by atoms with Crippen LogP contribution in [0.4, 0.5) is 0 Å². The predicted octanol–water partition coefficient (Wildman–Crippen LogP) is -6.65. The topological polar surface area (TPSA) is 262 Å². The van der Waals surface area contributed by atoms with Gasteiger partial charge in [0.2, 0.25) is 0 Å². The van der Waals surface area contributed by atoms with Crippen LogP contribution >= 0.6 is 0 Å². The van der Waals surface area contributed by atoms with Crippen molar-refractivity contribution in [3.05, 3.63) is 0 Å². The van der Waals surface area contributed by atoms with Gasteiger partial charge in [-0.3, -0.25) is 0 Å². The standard InChI is InChI=1S/C17H34N4O10/c18-2-6-10(24)12(26)8(21)16(28-6)30-14-5(20)1-4(19)9(23)15(14)31-17-13(27)11(25)7(3-22)29-17/h4-17,22-27H,1-3,18-21H2/t4?,5?,6?,7-,8?,9?,10?,11-,12?,13-,14?,15?,16?,17+/m1/s1. The highest BCUT2D eigenvalue weighted by atomic mass is 16.7. The van der Waals surface area contributed by atoms with Crippen molar-refractivity contribution in [2.75, 3.05) is 13.2 Å². The maximum absolute atomic E-state index is 10.6. The second kappa shape index (κ2) is 10.1. The van der Waals surface area contributed by atoms with Crippen molar-refractivity contribution in [3.8, 4) is 0 Å². The minimum Gasteiger partial charge on any atom is -0.394 e. The molecule has 2 heterocycles. The molecular weight excluding hydrogens is 420 g/mol. The third-order valence-corrected chi connectivity index (χ3v) is 6.13. The normalized spacial score (nSPS) is 53.6. The molecule has 1 saturated carbocycles. The average Bonchev–Trinajstić information content (AvgIpc) is 3.02. The van der Waals surface area contributed by atoms with Crippen LogP contribution in [0.2, 0.25) is 0 Å². The fourth-order valence-corrected chi connectivity index (χ4v) is 4.16. The van der Waals surface area contributed by atoms with Gasteiger partial charge in [-0.05, 0) is 6.42 Å². The molecule has 2 aliphatic heterocycles. The number of ether oxygens (including phenoxy) is 4. The molecular formula is C17H34N4O10. The van der Waals surface area contributed by atoms with Crippen LogP contribution in [0.3, 0.4) is 0 Å². The minimum absolute atomic E-state index is 0.114. The Labute approximate surface area is 178 Å². The average molecular weight is 454 g/mol. The van der Waals surface area contributed by atoms with Crippen LogP contribution < -0.4 is 22.9 Å². The maximum Gasteiger partial charge on any atom is 0.187 e. The van der Waals surface area contributed by atoms with Gasteiger partial charge in [-0.1, -0.05) is 0 Å². The number of nitrogens with two attached hydrogens (primary N) is 4. The lowest BCUT2D eigenvalue weighted by Crippen LogP contribution is -2.68. The Kier molecular flexibility index (Phi) is 8.21. The molecule has 2 saturated heterocycles. The summed E-state index contributed by atoms with van der Waals surface area (Å²) in [6.45, 7) is -0.673. The first kappa shape index (κ1) is 25.1. The first-order valence-electron chi connectivity index (χ1n) is 10.2. The smallest absolute Gasteiger partial charge is 0.187 e. The van der Waals surface area contributed by atoms with E-state index in [1.54, 1.807) is 0 Å². The zero-order valence-electron chi connectivity index (χ0n) is 16.8. The fraction of sp³-hybridized carbons (Fsp3) is 1.00. The van der Waals surface area contributed by atoms with Crippen molar-refractivity contribution >= 4 is 0 Å². The highest BCUT2D eigenvalue weighted by Gasteiger charge is 2.52. The fourth-order valence-electron chi connectivity index (χ4n) is 4.16. The summed E-state index contributed by atoms with van der Waals surface area (Å²) in [6, 6.07) is -2.72. The van der Waals surface area contributed by atoms with E-state index in [-0.39, 0.29) is 13.0 Å². The SMILES string of the molecule is NCC1OC(OC2C(N)CC(N)C(O)C2O[C@@H]2O[C@H](CO)[C@@H](O)[C@H]2O)C(N)C(O)C1O. The number of rotatable bonds is 6. The summed E-state index contributed by atoms with van der Waals surface area (Å²) in [5, 5.41) is 60.2. The summed E-state index contributed by atoms with van der Waals surface area (Å²) in [5.74, 6) is 0. The number of hydrogen-bond acceptors (Lipinski definition) is 14. The predicted molar refractivity (Wildman–Crippen MR) is 102 cm³/mol. The van der Waals surface area contributed by atoms with E-state index in [1.165, 1.54) is 0 Å². The second-order valence-electron chi connectivity index (χ2n) is 8.30. The molecule has 0 aromatic rings. The van der Waals surface area contributed by atoms with Gasteiger partial charge in [-0.2, -0.15) is 0 Å². The van der Waals surface area contributed by atoms with Crippen LogP contribution in [0.1, 0.15) is 6.42 Å². The van der Waals surface area contributed by atoms with E-state index >= 15 is 0 Å². The lowest BCUT2D eigenvalue weighted by Gasteiger charge is -2.47. The van der Waals surface area contributed by atoms with E-state index in [1.807, 2.05) is 0 Å². The molecule has 0 spiro atoms. The Hall–Kier alpha value is -0.560. The molecule has 0 aromatic carbocycles. The van der Waals surface area contributed by atoms with Crippen LogP contribution in [0.5, 0.6) is 0 Å². The van der Waals surface area contributed by atoms with E-state index in [0.29, 0.717) is 0 Å². The van der Waals surface area contributed by atoms with Gasteiger partial charge in [-0.15, -0.1) is 0 Å². The number of aliphatic hydroxyl groups is 6. The minimum atomic E-state index is -1.51. The van der Waals surface area contributed by atoms with Crippen LogP contribution in [-0.4, -0.2) is 129 Å². The van der Waals surface area contributed by atoms with Gasteiger partial charge in [0.25, 0.3) is 0 Å². The second-order valence-corrected chi connectivity index (χ2v) is 8.30. The highest BCUT2D eigenvalue weighted by molar-refractivity contribution is 5.01. The molecule has 14 N–H and O–H groups in total. The molecule has 14 atom stereocenters. The van der Waals surface area contributed by atoms with Gasteiger partial charge in [0.1, 0.15) is 48.8 Å². The summed E-state index contributed by atoms with van der Waals surface area (Å²) >= 11 is 0. The van der Waals surface area contributed by atoms with Crippen LogP contribution in [0, 0.1) is 0 Å². The van der Waals surface area contributed by atoms with Crippen molar-refractivity contribution in [2.45, 2.75) is 92.1 Å². The van der Waals surface area contributed by atoms with E-state index in [4.69, 9.17) is 41.9 Å². The van der Waals surface area contributed by atoms with Gasteiger partial charge in [0.05, 0.1) is 18.8 Å². The third kappa shape index (κ3) is 4.87. The van der Waals surface area contributed by atoms with Crippen LogP contribution in [0.15, 0.2) is 0 Å². The van der Waals surface area contributed by atoms with Crippen molar-refractivity contribution in [1.82, 2.24) is 0 Å². The molecule has 31 heavy (non-hydrogen) atoms.